The van der Waals surface area contributed by atoms with Gasteiger partial charge >= 0.3 is 0 Å². The molecule has 1 atom stereocenters. The number of ether oxygens (including phenoxy) is 1. The predicted octanol–water partition coefficient (Wildman–Crippen LogP) is 1.61. The van der Waals surface area contributed by atoms with E-state index in [0.29, 0.717) is 17.9 Å². The predicted molar refractivity (Wildman–Crippen MR) is 80.3 cm³/mol. The fraction of sp³-hybridized carbons (Fsp3) is 0.500. The van der Waals surface area contributed by atoms with Crippen molar-refractivity contribution in [1.29, 1.82) is 0 Å². The van der Waals surface area contributed by atoms with Crippen LogP contribution in [0.4, 0.5) is 0 Å². The maximum atomic E-state index is 12.5. The Morgan fingerprint density at radius 3 is 2.81 bits per heavy atom. The molecule has 1 saturated heterocycles. The van der Waals surface area contributed by atoms with Gasteiger partial charge in [0.1, 0.15) is 5.75 Å². The number of para-hydroxylation sites is 1. The van der Waals surface area contributed by atoms with Crippen molar-refractivity contribution in [2.24, 2.45) is 5.73 Å². The van der Waals surface area contributed by atoms with Crippen molar-refractivity contribution in [3.63, 3.8) is 0 Å². The first-order valence-electron chi connectivity index (χ1n) is 7.42. The molecule has 114 valence electrons. The van der Waals surface area contributed by atoms with E-state index in [2.05, 4.69) is 0 Å². The molecule has 0 bridgehead atoms. The van der Waals surface area contributed by atoms with E-state index < -0.39 is 0 Å². The van der Waals surface area contributed by atoms with Gasteiger partial charge in [-0.15, -0.1) is 0 Å². The highest BCUT2D eigenvalue weighted by Crippen LogP contribution is 2.21. The lowest BCUT2D eigenvalue weighted by atomic mass is 10.00. The van der Waals surface area contributed by atoms with Crippen LogP contribution in [0.1, 0.15) is 36.5 Å². The summed E-state index contributed by atoms with van der Waals surface area (Å²) in [6.07, 6.45) is 2.70. The smallest absolute Gasteiger partial charge is 0.234 e. The second kappa shape index (κ2) is 7.22. The Hall–Kier alpha value is -1.88. The number of nitrogens with two attached hydrogens (primary N) is 1. The average molecular weight is 290 g/mol. The van der Waals surface area contributed by atoms with E-state index in [1.807, 2.05) is 24.0 Å². The summed E-state index contributed by atoms with van der Waals surface area (Å²) in [4.78, 5) is 25.9. The Kier molecular flexibility index (Phi) is 5.33. The van der Waals surface area contributed by atoms with Gasteiger partial charge in [-0.3, -0.25) is 14.5 Å². The van der Waals surface area contributed by atoms with Crippen molar-refractivity contribution in [1.82, 2.24) is 4.90 Å². The Bertz CT molecular complexity index is 516. The van der Waals surface area contributed by atoms with Crippen LogP contribution < -0.4 is 10.5 Å². The van der Waals surface area contributed by atoms with Crippen molar-refractivity contribution in [2.45, 2.75) is 32.2 Å². The van der Waals surface area contributed by atoms with Crippen LogP contribution in [0, 0.1) is 0 Å². The number of primary amides is 1. The minimum atomic E-state index is -0.347. The van der Waals surface area contributed by atoms with Crippen LogP contribution in [0.3, 0.4) is 0 Å². The molecule has 0 spiro atoms. The van der Waals surface area contributed by atoms with Gasteiger partial charge in [-0.1, -0.05) is 18.6 Å². The molecule has 0 aliphatic carbocycles. The lowest BCUT2D eigenvalue weighted by Gasteiger charge is -2.33. The van der Waals surface area contributed by atoms with Crippen molar-refractivity contribution < 1.29 is 14.3 Å². The third kappa shape index (κ3) is 3.82. The lowest BCUT2D eigenvalue weighted by Crippen LogP contribution is -2.49. The minimum absolute atomic E-state index is 0.0350. The van der Waals surface area contributed by atoms with Gasteiger partial charge in [0.25, 0.3) is 0 Å². The largest absolute Gasteiger partial charge is 0.493 e. The van der Waals surface area contributed by atoms with E-state index >= 15 is 0 Å². The van der Waals surface area contributed by atoms with Crippen molar-refractivity contribution >= 4 is 11.7 Å². The van der Waals surface area contributed by atoms with Crippen LogP contribution in [0.2, 0.25) is 0 Å². The molecule has 21 heavy (non-hydrogen) atoms. The third-order valence-corrected chi connectivity index (χ3v) is 3.78. The van der Waals surface area contributed by atoms with Crippen molar-refractivity contribution in [3.05, 3.63) is 29.8 Å². The Morgan fingerprint density at radius 2 is 2.10 bits per heavy atom. The maximum absolute atomic E-state index is 12.5. The number of carbonyl (C=O) groups excluding carboxylic acids is 2. The summed E-state index contributed by atoms with van der Waals surface area (Å²) in [5.41, 5.74) is 6.00. The standard InChI is InChI=1S/C16H22N2O3/c1-2-21-15-9-4-3-7-12(15)14(19)11-18-10-6-5-8-13(18)16(17)20/h3-4,7,9,13H,2,5-6,8,10-11H2,1H3,(H2,17,20). The van der Waals surface area contributed by atoms with Crippen LogP contribution in [0.25, 0.3) is 0 Å². The number of carbonyl (C=O) groups is 2. The van der Waals surface area contributed by atoms with Gasteiger partial charge in [0.05, 0.1) is 24.8 Å². The van der Waals surface area contributed by atoms with Gasteiger partial charge in [0.2, 0.25) is 5.91 Å². The zero-order valence-corrected chi connectivity index (χ0v) is 12.4. The van der Waals surface area contributed by atoms with Crippen LogP contribution in [0.5, 0.6) is 5.75 Å². The molecular formula is C16H22N2O3. The monoisotopic (exact) mass is 290 g/mol. The molecule has 1 aliphatic heterocycles. The van der Waals surface area contributed by atoms with Crippen LogP contribution in [-0.2, 0) is 4.79 Å². The summed E-state index contributed by atoms with van der Waals surface area (Å²) in [7, 11) is 0. The SMILES string of the molecule is CCOc1ccccc1C(=O)CN1CCCCC1C(N)=O. The van der Waals surface area contributed by atoms with E-state index in [1.165, 1.54) is 0 Å². The number of benzene rings is 1. The van der Waals surface area contributed by atoms with Gasteiger partial charge < -0.3 is 10.5 Å². The Morgan fingerprint density at radius 1 is 1.33 bits per heavy atom. The first-order chi connectivity index (χ1) is 10.1. The van der Waals surface area contributed by atoms with E-state index in [0.717, 1.165) is 25.8 Å². The summed E-state index contributed by atoms with van der Waals surface area (Å²) in [5, 5.41) is 0. The molecular weight excluding hydrogens is 268 g/mol. The summed E-state index contributed by atoms with van der Waals surface area (Å²) in [5.74, 6) is 0.213. The molecule has 1 aromatic rings. The number of likely N-dealkylation sites (tertiary alicyclic amines) is 1. The Balaban J connectivity index is 2.11. The molecule has 1 aliphatic rings. The quantitative estimate of drug-likeness (QED) is 0.808. The number of piperidine rings is 1. The molecule has 5 nitrogen and oxygen atoms in total. The number of Topliss-reactive ketones (excluding diaryl/α,β-unsaturated/α-hetero) is 1. The van der Waals surface area contributed by atoms with Gasteiger partial charge in [0.15, 0.2) is 5.78 Å². The van der Waals surface area contributed by atoms with E-state index in [4.69, 9.17) is 10.5 Å². The second-order valence-electron chi connectivity index (χ2n) is 5.24. The highest BCUT2D eigenvalue weighted by molar-refractivity contribution is 6.00. The summed E-state index contributed by atoms with van der Waals surface area (Å²) in [6, 6.07) is 6.88. The van der Waals surface area contributed by atoms with Gasteiger partial charge in [-0.2, -0.15) is 0 Å². The highest BCUT2D eigenvalue weighted by Gasteiger charge is 2.29. The number of amides is 1. The number of hydrogen-bond donors (Lipinski definition) is 1. The summed E-state index contributed by atoms with van der Waals surface area (Å²) >= 11 is 0. The van der Waals surface area contributed by atoms with Gasteiger partial charge in [0, 0.05) is 0 Å². The fourth-order valence-corrected chi connectivity index (χ4v) is 2.75. The zero-order chi connectivity index (χ0) is 15.2. The maximum Gasteiger partial charge on any atom is 0.234 e. The topological polar surface area (TPSA) is 72.6 Å². The van der Waals surface area contributed by atoms with Crippen LogP contribution >= 0.6 is 0 Å². The highest BCUT2D eigenvalue weighted by atomic mass is 16.5. The molecule has 0 radical (unpaired) electrons. The normalized spacial score (nSPS) is 19.2. The second-order valence-corrected chi connectivity index (χ2v) is 5.24. The Labute approximate surface area is 125 Å². The molecule has 0 saturated carbocycles. The molecule has 0 aromatic heterocycles. The number of nitrogens with zero attached hydrogens (tertiary/aromatic N) is 1. The first kappa shape index (κ1) is 15.5. The van der Waals surface area contributed by atoms with Gasteiger partial charge in [-0.25, -0.2) is 0 Å². The lowest BCUT2D eigenvalue weighted by molar-refractivity contribution is -0.124. The molecule has 5 heteroatoms. The van der Waals surface area contributed by atoms with E-state index in [1.54, 1.807) is 12.1 Å². The summed E-state index contributed by atoms with van der Waals surface area (Å²) < 4.78 is 5.49. The van der Waals surface area contributed by atoms with Crippen LogP contribution in [0.15, 0.2) is 24.3 Å². The molecule has 1 amide bonds. The number of hydrogen-bond acceptors (Lipinski definition) is 4. The average Bonchev–Trinajstić information content (AvgIpc) is 2.48. The molecule has 2 N–H and O–H groups in total. The molecule has 1 aromatic carbocycles. The van der Waals surface area contributed by atoms with E-state index in [-0.39, 0.29) is 24.3 Å². The number of rotatable bonds is 6. The molecule has 1 heterocycles. The molecule has 1 fully saturated rings. The molecule has 2 rings (SSSR count). The van der Waals surface area contributed by atoms with Gasteiger partial charge in [-0.05, 0) is 38.4 Å². The minimum Gasteiger partial charge on any atom is -0.493 e. The van der Waals surface area contributed by atoms with Crippen molar-refractivity contribution in [3.8, 4) is 5.75 Å². The van der Waals surface area contributed by atoms with Crippen LogP contribution in [-0.4, -0.2) is 42.3 Å². The van der Waals surface area contributed by atoms with Crippen molar-refractivity contribution in [2.75, 3.05) is 19.7 Å². The molecule has 1 unspecified atom stereocenters. The van der Waals surface area contributed by atoms with E-state index in [9.17, 15) is 9.59 Å². The number of ketones is 1. The fourth-order valence-electron chi connectivity index (χ4n) is 2.75. The summed E-state index contributed by atoms with van der Waals surface area (Å²) in [6.45, 7) is 3.33. The first-order valence-corrected chi connectivity index (χ1v) is 7.42. The third-order valence-electron chi connectivity index (χ3n) is 3.78. The zero-order valence-electron chi connectivity index (χ0n) is 12.4.